The molecule has 0 saturated heterocycles. The van der Waals surface area contributed by atoms with E-state index in [2.05, 4.69) is 18.5 Å². The molecule has 0 aromatic heterocycles. The molecular formula is C11H23NS. The van der Waals surface area contributed by atoms with Gasteiger partial charge in [-0.15, -0.1) is 0 Å². The van der Waals surface area contributed by atoms with Crippen LogP contribution in [0.3, 0.4) is 0 Å². The fourth-order valence-corrected chi connectivity index (χ4v) is 2.64. The minimum absolute atomic E-state index is 0.718. The number of nitrogens with one attached hydrogen (secondary N) is 1. The molecule has 1 atom stereocenters. The minimum Gasteiger partial charge on any atom is -0.311 e. The van der Waals surface area contributed by atoms with Crippen molar-refractivity contribution in [1.82, 2.24) is 5.32 Å². The molecule has 1 fully saturated rings. The first-order valence-corrected chi connectivity index (χ1v) is 6.97. The van der Waals surface area contributed by atoms with E-state index in [4.69, 9.17) is 0 Å². The molecular weight excluding hydrogens is 178 g/mol. The second-order valence-electron chi connectivity index (χ2n) is 4.18. The standard InChI is InChI=1S/C11H23NS/c1-10(8-9-13-2)12-11-6-4-3-5-7-11/h10-12H,3-9H2,1-2H3. The zero-order valence-corrected chi connectivity index (χ0v) is 9.83. The van der Waals surface area contributed by atoms with Gasteiger partial charge in [-0.2, -0.15) is 11.8 Å². The van der Waals surface area contributed by atoms with Crippen molar-refractivity contribution in [3.05, 3.63) is 0 Å². The lowest BCUT2D eigenvalue weighted by atomic mass is 9.95. The molecule has 1 rings (SSSR count). The molecule has 1 aliphatic rings. The lowest BCUT2D eigenvalue weighted by molar-refractivity contribution is 0.341. The van der Waals surface area contributed by atoms with Crippen LogP contribution in [0.2, 0.25) is 0 Å². The maximum atomic E-state index is 3.74. The van der Waals surface area contributed by atoms with Crippen LogP contribution in [0.5, 0.6) is 0 Å². The van der Waals surface area contributed by atoms with Gasteiger partial charge >= 0.3 is 0 Å². The third-order valence-electron chi connectivity index (χ3n) is 2.88. The monoisotopic (exact) mass is 201 g/mol. The highest BCUT2D eigenvalue weighted by atomic mass is 32.2. The van der Waals surface area contributed by atoms with E-state index in [1.54, 1.807) is 0 Å². The highest BCUT2D eigenvalue weighted by Gasteiger charge is 2.14. The first-order chi connectivity index (χ1) is 6.33. The summed E-state index contributed by atoms with van der Waals surface area (Å²) in [6.07, 6.45) is 10.6. The first kappa shape index (κ1) is 11.4. The van der Waals surface area contributed by atoms with E-state index in [0.29, 0.717) is 0 Å². The molecule has 0 aromatic carbocycles. The third kappa shape index (κ3) is 4.92. The van der Waals surface area contributed by atoms with E-state index in [-0.39, 0.29) is 0 Å². The smallest absolute Gasteiger partial charge is 0.00695 e. The van der Waals surface area contributed by atoms with Gasteiger partial charge in [0.25, 0.3) is 0 Å². The Morgan fingerprint density at radius 1 is 1.31 bits per heavy atom. The Kier molecular flexibility index (Phi) is 5.88. The topological polar surface area (TPSA) is 12.0 Å². The molecule has 13 heavy (non-hydrogen) atoms. The molecule has 0 heterocycles. The Bertz CT molecular complexity index is 121. The Balaban J connectivity index is 2.07. The van der Waals surface area contributed by atoms with Crippen molar-refractivity contribution in [3.8, 4) is 0 Å². The highest BCUT2D eigenvalue weighted by molar-refractivity contribution is 7.98. The lowest BCUT2D eigenvalue weighted by Crippen LogP contribution is -2.38. The zero-order valence-electron chi connectivity index (χ0n) is 9.01. The number of hydrogen-bond acceptors (Lipinski definition) is 2. The molecule has 0 radical (unpaired) electrons. The van der Waals surface area contributed by atoms with E-state index in [1.807, 2.05) is 11.8 Å². The van der Waals surface area contributed by atoms with E-state index >= 15 is 0 Å². The summed E-state index contributed by atoms with van der Waals surface area (Å²) in [5.41, 5.74) is 0. The van der Waals surface area contributed by atoms with Gasteiger partial charge in [0.2, 0.25) is 0 Å². The van der Waals surface area contributed by atoms with Crippen LogP contribution < -0.4 is 5.32 Å². The van der Waals surface area contributed by atoms with Gasteiger partial charge < -0.3 is 5.32 Å². The number of rotatable bonds is 5. The average Bonchev–Trinajstić information content (AvgIpc) is 2.16. The van der Waals surface area contributed by atoms with Gasteiger partial charge in [-0.3, -0.25) is 0 Å². The van der Waals surface area contributed by atoms with Gasteiger partial charge in [-0.25, -0.2) is 0 Å². The second-order valence-corrected chi connectivity index (χ2v) is 5.17. The normalized spacial score (nSPS) is 21.7. The average molecular weight is 201 g/mol. The van der Waals surface area contributed by atoms with E-state index < -0.39 is 0 Å². The first-order valence-electron chi connectivity index (χ1n) is 5.58. The van der Waals surface area contributed by atoms with Crippen LogP contribution in [0, 0.1) is 0 Å². The Hall–Kier alpha value is 0.310. The molecule has 0 spiro atoms. The van der Waals surface area contributed by atoms with Gasteiger partial charge in [-0.1, -0.05) is 19.3 Å². The molecule has 0 amide bonds. The van der Waals surface area contributed by atoms with Gasteiger partial charge in [0, 0.05) is 12.1 Å². The Morgan fingerprint density at radius 3 is 2.62 bits per heavy atom. The van der Waals surface area contributed by atoms with Crippen LogP contribution in [0.25, 0.3) is 0 Å². The predicted molar refractivity (Wildman–Crippen MR) is 62.5 cm³/mol. The third-order valence-corrected chi connectivity index (χ3v) is 3.52. The van der Waals surface area contributed by atoms with E-state index in [1.165, 1.54) is 44.3 Å². The van der Waals surface area contributed by atoms with Crippen LogP contribution in [0.1, 0.15) is 45.4 Å². The van der Waals surface area contributed by atoms with Crippen LogP contribution in [-0.4, -0.2) is 24.1 Å². The second kappa shape index (κ2) is 6.72. The minimum atomic E-state index is 0.718. The molecule has 1 unspecified atom stereocenters. The fourth-order valence-electron chi connectivity index (χ4n) is 2.05. The van der Waals surface area contributed by atoms with Gasteiger partial charge in [0.1, 0.15) is 0 Å². The van der Waals surface area contributed by atoms with Crippen LogP contribution in [-0.2, 0) is 0 Å². The van der Waals surface area contributed by atoms with Gasteiger partial charge in [0.05, 0.1) is 0 Å². The van der Waals surface area contributed by atoms with Crippen molar-refractivity contribution in [2.24, 2.45) is 0 Å². The van der Waals surface area contributed by atoms with Crippen molar-refractivity contribution >= 4 is 11.8 Å². The summed E-state index contributed by atoms with van der Waals surface area (Å²) in [6, 6.07) is 1.54. The van der Waals surface area contributed by atoms with Crippen molar-refractivity contribution in [2.75, 3.05) is 12.0 Å². The zero-order chi connectivity index (χ0) is 9.52. The SMILES string of the molecule is CSCCC(C)NC1CCCCC1. The molecule has 0 bridgehead atoms. The molecule has 1 aliphatic carbocycles. The summed E-state index contributed by atoms with van der Waals surface area (Å²) in [5.74, 6) is 1.29. The number of hydrogen-bond donors (Lipinski definition) is 1. The molecule has 1 saturated carbocycles. The van der Waals surface area contributed by atoms with Gasteiger partial charge in [0.15, 0.2) is 0 Å². The van der Waals surface area contributed by atoms with Crippen molar-refractivity contribution in [2.45, 2.75) is 57.5 Å². The van der Waals surface area contributed by atoms with Crippen LogP contribution >= 0.6 is 11.8 Å². The summed E-state index contributed by atoms with van der Waals surface area (Å²) in [6.45, 7) is 2.32. The molecule has 0 aromatic rings. The molecule has 0 aliphatic heterocycles. The van der Waals surface area contributed by atoms with Gasteiger partial charge in [-0.05, 0) is 38.2 Å². The maximum absolute atomic E-state index is 3.74. The lowest BCUT2D eigenvalue weighted by Gasteiger charge is -2.26. The maximum Gasteiger partial charge on any atom is 0.00695 e. The van der Waals surface area contributed by atoms with E-state index in [9.17, 15) is 0 Å². The molecule has 1 nitrogen and oxygen atoms in total. The molecule has 1 N–H and O–H groups in total. The van der Waals surface area contributed by atoms with E-state index in [0.717, 1.165) is 12.1 Å². The predicted octanol–water partition coefficient (Wildman–Crippen LogP) is 3.05. The quantitative estimate of drug-likeness (QED) is 0.734. The van der Waals surface area contributed by atoms with Crippen LogP contribution in [0.15, 0.2) is 0 Å². The largest absolute Gasteiger partial charge is 0.311 e. The highest BCUT2D eigenvalue weighted by Crippen LogP contribution is 2.18. The van der Waals surface area contributed by atoms with Crippen LogP contribution in [0.4, 0.5) is 0 Å². The van der Waals surface area contributed by atoms with Crippen molar-refractivity contribution in [3.63, 3.8) is 0 Å². The summed E-state index contributed by atoms with van der Waals surface area (Å²) in [5, 5.41) is 3.74. The summed E-state index contributed by atoms with van der Waals surface area (Å²) >= 11 is 1.95. The number of thioether (sulfide) groups is 1. The Labute approximate surface area is 87.1 Å². The summed E-state index contributed by atoms with van der Waals surface area (Å²) in [7, 11) is 0. The van der Waals surface area contributed by atoms with Crippen molar-refractivity contribution < 1.29 is 0 Å². The van der Waals surface area contributed by atoms with Crippen molar-refractivity contribution in [1.29, 1.82) is 0 Å². The fraction of sp³-hybridized carbons (Fsp3) is 1.00. The Morgan fingerprint density at radius 2 is 2.00 bits per heavy atom. The molecule has 78 valence electrons. The summed E-state index contributed by atoms with van der Waals surface area (Å²) in [4.78, 5) is 0. The summed E-state index contributed by atoms with van der Waals surface area (Å²) < 4.78 is 0. The molecule has 2 heteroatoms.